The average molecular weight is 278 g/mol. The van der Waals surface area contributed by atoms with Gasteiger partial charge in [-0.2, -0.15) is 18.2 Å². The van der Waals surface area contributed by atoms with Gasteiger partial charge in [0.15, 0.2) is 0 Å². The smallest absolute Gasteiger partial charge is 0.392 e. The Labute approximate surface area is 109 Å². The maximum atomic E-state index is 12.0. The van der Waals surface area contributed by atoms with Crippen LogP contribution in [0.3, 0.4) is 0 Å². The number of nitrogens with zero attached hydrogens (tertiary/aromatic N) is 2. The van der Waals surface area contributed by atoms with E-state index in [9.17, 15) is 13.2 Å². The fourth-order valence-electron chi connectivity index (χ4n) is 1.18. The van der Waals surface area contributed by atoms with Gasteiger partial charge in [0.05, 0.1) is 13.0 Å². The molecule has 1 aromatic heterocycles. The average Bonchev–Trinajstić information content (AvgIpc) is 2.25. The first-order valence-electron chi connectivity index (χ1n) is 5.67. The standard InChI is InChI=1S/C11H17F3N4O/c1-10(2,3)9-16-7(18-15)6-8(17-9)19-5-4-11(12,13)14/h6H,4-5,15H2,1-3H3,(H,16,17,18). The highest BCUT2D eigenvalue weighted by Gasteiger charge is 2.27. The Kier molecular flexibility index (Phi) is 4.56. The summed E-state index contributed by atoms with van der Waals surface area (Å²) in [6.07, 6.45) is -5.29. The second-order valence-corrected chi connectivity index (χ2v) is 5.02. The van der Waals surface area contributed by atoms with Gasteiger partial charge in [-0.25, -0.2) is 10.8 Å². The van der Waals surface area contributed by atoms with Crippen molar-refractivity contribution in [2.75, 3.05) is 12.0 Å². The maximum Gasteiger partial charge on any atom is 0.392 e. The number of alkyl halides is 3. The van der Waals surface area contributed by atoms with Crippen molar-refractivity contribution in [3.8, 4) is 5.88 Å². The summed E-state index contributed by atoms with van der Waals surface area (Å²) in [5, 5.41) is 0. The number of halogens is 3. The normalized spacial score (nSPS) is 12.4. The molecule has 0 aromatic carbocycles. The zero-order valence-corrected chi connectivity index (χ0v) is 11.0. The molecular formula is C11H17F3N4O. The Morgan fingerprint density at radius 3 is 2.37 bits per heavy atom. The predicted molar refractivity (Wildman–Crippen MR) is 64.7 cm³/mol. The van der Waals surface area contributed by atoms with Gasteiger partial charge in [0, 0.05) is 11.5 Å². The van der Waals surface area contributed by atoms with Crippen LogP contribution in [0.5, 0.6) is 5.88 Å². The molecule has 0 radical (unpaired) electrons. The zero-order valence-electron chi connectivity index (χ0n) is 11.0. The van der Waals surface area contributed by atoms with Gasteiger partial charge < -0.3 is 10.2 Å². The predicted octanol–water partition coefficient (Wildman–Crippen LogP) is 2.39. The van der Waals surface area contributed by atoms with Crippen LogP contribution in [-0.2, 0) is 5.41 Å². The Balaban J connectivity index is 2.83. The molecule has 0 aliphatic rings. The van der Waals surface area contributed by atoms with Crippen molar-refractivity contribution in [3.63, 3.8) is 0 Å². The molecule has 1 rings (SSSR count). The molecule has 0 atom stereocenters. The van der Waals surface area contributed by atoms with Crippen LogP contribution in [0.1, 0.15) is 33.0 Å². The molecular weight excluding hydrogens is 261 g/mol. The molecule has 0 aliphatic carbocycles. The number of hydrogen-bond donors (Lipinski definition) is 2. The van der Waals surface area contributed by atoms with E-state index < -0.39 is 19.2 Å². The van der Waals surface area contributed by atoms with Crippen molar-refractivity contribution in [1.29, 1.82) is 0 Å². The van der Waals surface area contributed by atoms with Crippen molar-refractivity contribution < 1.29 is 17.9 Å². The van der Waals surface area contributed by atoms with E-state index in [0.717, 1.165) is 0 Å². The summed E-state index contributed by atoms with van der Waals surface area (Å²) >= 11 is 0. The van der Waals surface area contributed by atoms with Crippen LogP contribution in [0.15, 0.2) is 6.07 Å². The number of rotatable bonds is 4. The van der Waals surface area contributed by atoms with E-state index in [-0.39, 0.29) is 11.3 Å². The van der Waals surface area contributed by atoms with Gasteiger partial charge in [0.2, 0.25) is 5.88 Å². The van der Waals surface area contributed by atoms with Gasteiger partial charge in [-0.05, 0) is 0 Å². The number of hydrogen-bond acceptors (Lipinski definition) is 5. The summed E-state index contributed by atoms with van der Waals surface area (Å²) < 4.78 is 41.1. The molecule has 0 aliphatic heterocycles. The SMILES string of the molecule is CC(C)(C)c1nc(NN)cc(OCCC(F)(F)F)n1. The van der Waals surface area contributed by atoms with Gasteiger partial charge in [0.1, 0.15) is 11.6 Å². The first-order valence-corrected chi connectivity index (χ1v) is 5.67. The van der Waals surface area contributed by atoms with Gasteiger partial charge >= 0.3 is 6.18 Å². The topological polar surface area (TPSA) is 73.1 Å². The number of anilines is 1. The van der Waals surface area contributed by atoms with Crippen LogP contribution >= 0.6 is 0 Å². The lowest BCUT2D eigenvalue weighted by Gasteiger charge is -2.18. The minimum atomic E-state index is -4.26. The number of aromatic nitrogens is 2. The number of hydrazine groups is 1. The van der Waals surface area contributed by atoms with Gasteiger partial charge in [-0.3, -0.25) is 0 Å². The summed E-state index contributed by atoms with van der Waals surface area (Å²) in [6.45, 7) is 5.14. The molecule has 108 valence electrons. The summed E-state index contributed by atoms with van der Waals surface area (Å²) in [7, 11) is 0. The van der Waals surface area contributed by atoms with Crippen LogP contribution in [0.4, 0.5) is 19.0 Å². The minimum Gasteiger partial charge on any atom is -0.477 e. The Morgan fingerprint density at radius 2 is 1.89 bits per heavy atom. The van der Waals surface area contributed by atoms with Crippen LogP contribution in [0, 0.1) is 0 Å². The largest absolute Gasteiger partial charge is 0.477 e. The third-order valence-electron chi connectivity index (χ3n) is 2.16. The Morgan fingerprint density at radius 1 is 1.26 bits per heavy atom. The second-order valence-electron chi connectivity index (χ2n) is 5.02. The van der Waals surface area contributed by atoms with E-state index in [1.807, 2.05) is 20.8 Å². The van der Waals surface area contributed by atoms with E-state index in [1.54, 1.807) is 0 Å². The van der Waals surface area contributed by atoms with Crippen molar-refractivity contribution in [1.82, 2.24) is 9.97 Å². The molecule has 1 heterocycles. The highest BCUT2D eigenvalue weighted by molar-refractivity contribution is 5.37. The Bertz CT molecular complexity index is 429. The van der Waals surface area contributed by atoms with Gasteiger partial charge in [-0.15, -0.1) is 0 Å². The van der Waals surface area contributed by atoms with E-state index in [1.165, 1.54) is 6.07 Å². The third kappa shape index (κ3) is 5.29. The molecule has 0 fully saturated rings. The summed E-state index contributed by atoms with van der Waals surface area (Å²) in [4.78, 5) is 8.21. The first kappa shape index (κ1) is 15.5. The molecule has 0 unspecified atom stereocenters. The molecule has 19 heavy (non-hydrogen) atoms. The fraction of sp³-hybridized carbons (Fsp3) is 0.636. The first-order chi connectivity index (χ1) is 8.62. The fourth-order valence-corrected chi connectivity index (χ4v) is 1.18. The third-order valence-corrected chi connectivity index (χ3v) is 2.16. The summed E-state index contributed by atoms with van der Waals surface area (Å²) in [5.41, 5.74) is 1.97. The molecule has 3 N–H and O–H groups in total. The Hall–Kier alpha value is -1.57. The second kappa shape index (κ2) is 5.60. The highest BCUT2D eigenvalue weighted by Crippen LogP contribution is 2.24. The highest BCUT2D eigenvalue weighted by atomic mass is 19.4. The molecule has 1 aromatic rings. The van der Waals surface area contributed by atoms with E-state index in [4.69, 9.17) is 10.6 Å². The number of ether oxygens (including phenoxy) is 1. The lowest BCUT2D eigenvalue weighted by Crippen LogP contribution is -2.20. The van der Waals surface area contributed by atoms with Crippen molar-refractivity contribution in [2.24, 2.45) is 5.84 Å². The van der Waals surface area contributed by atoms with Crippen LogP contribution in [0.2, 0.25) is 0 Å². The van der Waals surface area contributed by atoms with Gasteiger partial charge in [0.25, 0.3) is 0 Å². The molecule has 5 nitrogen and oxygen atoms in total. The monoisotopic (exact) mass is 278 g/mol. The zero-order chi connectivity index (χ0) is 14.7. The number of nitrogen functional groups attached to an aromatic ring is 1. The number of nitrogens with two attached hydrogens (primary N) is 1. The molecule has 0 spiro atoms. The number of nitrogens with one attached hydrogen (secondary N) is 1. The lowest BCUT2D eigenvalue weighted by atomic mass is 9.96. The maximum absolute atomic E-state index is 12.0. The summed E-state index contributed by atoms with van der Waals surface area (Å²) in [6, 6.07) is 1.35. The molecule has 0 bridgehead atoms. The molecule has 0 amide bonds. The molecule has 0 saturated heterocycles. The lowest BCUT2D eigenvalue weighted by molar-refractivity contribution is -0.139. The van der Waals surface area contributed by atoms with Crippen molar-refractivity contribution in [3.05, 3.63) is 11.9 Å². The van der Waals surface area contributed by atoms with E-state index in [2.05, 4.69) is 15.4 Å². The van der Waals surface area contributed by atoms with Crippen LogP contribution < -0.4 is 16.0 Å². The molecule has 8 heteroatoms. The van der Waals surface area contributed by atoms with Crippen molar-refractivity contribution in [2.45, 2.75) is 38.8 Å². The van der Waals surface area contributed by atoms with Gasteiger partial charge in [-0.1, -0.05) is 20.8 Å². The molecule has 0 saturated carbocycles. The van der Waals surface area contributed by atoms with E-state index in [0.29, 0.717) is 11.6 Å². The quantitative estimate of drug-likeness (QED) is 0.653. The van der Waals surface area contributed by atoms with E-state index >= 15 is 0 Å². The van der Waals surface area contributed by atoms with Crippen molar-refractivity contribution >= 4 is 5.82 Å². The summed E-state index contributed by atoms with van der Waals surface area (Å²) in [5.74, 6) is 6.05. The van der Waals surface area contributed by atoms with Crippen LogP contribution in [0.25, 0.3) is 0 Å². The minimum absolute atomic E-state index is 0.0668. The van der Waals surface area contributed by atoms with Crippen LogP contribution in [-0.4, -0.2) is 22.8 Å².